The zero-order valence-corrected chi connectivity index (χ0v) is 21.1. The minimum Gasteiger partial charge on any atom is -0.495 e. The monoisotopic (exact) mass is 572 g/mol. The van der Waals surface area contributed by atoms with E-state index in [4.69, 9.17) is 10.5 Å². The van der Waals surface area contributed by atoms with E-state index >= 15 is 0 Å². The van der Waals surface area contributed by atoms with Crippen molar-refractivity contribution in [3.05, 3.63) is 59.7 Å². The van der Waals surface area contributed by atoms with E-state index in [1.807, 2.05) is 0 Å². The van der Waals surface area contributed by atoms with Crippen LogP contribution in [0.5, 0.6) is 5.75 Å². The van der Waals surface area contributed by atoms with Gasteiger partial charge in [0.15, 0.2) is 0 Å². The Labute approximate surface area is 225 Å². The molecule has 0 saturated carbocycles. The molecule has 0 aromatic heterocycles. The van der Waals surface area contributed by atoms with Gasteiger partial charge in [0.1, 0.15) is 5.75 Å². The zero-order chi connectivity index (χ0) is 29.7. The minimum atomic E-state index is -4.78. The van der Waals surface area contributed by atoms with Crippen LogP contribution in [0, 0.1) is 11.8 Å². The van der Waals surface area contributed by atoms with Crippen LogP contribution in [0.25, 0.3) is 0 Å². The molecule has 0 bridgehead atoms. The molecule has 1 heterocycles. The fourth-order valence-electron chi connectivity index (χ4n) is 4.34. The summed E-state index contributed by atoms with van der Waals surface area (Å²) in [6.07, 6.45) is -16.4. The molecule has 1 aliphatic heterocycles. The van der Waals surface area contributed by atoms with Crippen LogP contribution in [-0.2, 0) is 14.4 Å². The van der Waals surface area contributed by atoms with Crippen molar-refractivity contribution in [3.63, 3.8) is 0 Å². The molecular weight excluding hydrogens is 546 g/mol. The first kappa shape index (κ1) is 30.4. The van der Waals surface area contributed by atoms with Crippen LogP contribution in [0.2, 0.25) is 0 Å². The average molecular weight is 573 g/mol. The summed E-state index contributed by atoms with van der Waals surface area (Å²) in [5.41, 5.74) is 6.58. The van der Waals surface area contributed by atoms with E-state index in [0.29, 0.717) is 11.1 Å². The van der Waals surface area contributed by atoms with Crippen LogP contribution in [0.3, 0.4) is 0 Å². The predicted molar refractivity (Wildman–Crippen MR) is 132 cm³/mol. The predicted octanol–water partition coefficient (Wildman–Crippen LogP) is 4.33. The molecule has 0 fully saturated rings. The minimum absolute atomic E-state index is 0.211. The first-order chi connectivity index (χ1) is 18.7. The molecule has 0 aliphatic carbocycles. The summed E-state index contributed by atoms with van der Waals surface area (Å²) in [6, 6.07) is 13.3. The van der Waals surface area contributed by atoms with Gasteiger partial charge in [0, 0.05) is 35.8 Å². The van der Waals surface area contributed by atoms with Gasteiger partial charge in [0.25, 0.3) is 5.91 Å². The second-order valence-corrected chi connectivity index (χ2v) is 9.05. The van der Waals surface area contributed by atoms with E-state index in [-0.39, 0.29) is 17.1 Å². The number of methoxy groups -OCH3 is 1. The summed E-state index contributed by atoms with van der Waals surface area (Å²) >= 11 is 0. The van der Waals surface area contributed by atoms with Crippen LogP contribution >= 0.6 is 0 Å². The molecule has 0 radical (unpaired) electrons. The fraction of sp³-hybridized carbons (Fsp3) is 0.385. The van der Waals surface area contributed by atoms with Crippen molar-refractivity contribution >= 4 is 29.1 Å². The Bertz CT molecular complexity index is 1260. The van der Waals surface area contributed by atoms with Gasteiger partial charge in [-0.05, 0) is 18.9 Å². The number of benzene rings is 2. The molecule has 8 nitrogen and oxygen atoms in total. The average Bonchev–Trinajstić information content (AvgIpc) is 3.01. The van der Waals surface area contributed by atoms with E-state index in [0.717, 1.165) is 0 Å². The number of aliphatic imine (C=N–C) groups is 1. The lowest BCUT2D eigenvalue weighted by Crippen LogP contribution is -2.48. The number of para-hydroxylation sites is 1. The summed E-state index contributed by atoms with van der Waals surface area (Å²) in [7, 11) is 1.36. The molecule has 216 valence electrons. The molecule has 4 N–H and O–H groups in total. The van der Waals surface area contributed by atoms with Crippen LogP contribution in [0.1, 0.15) is 36.8 Å². The van der Waals surface area contributed by atoms with Crippen molar-refractivity contribution in [2.45, 2.75) is 44.2 Å². The van der Waals surface area contributed by atoms with Gasteiger partial charge in [0.05, 0.1) is 18.5 Å². The lowest BCUT2D eigenvalue weighted by atomic mass is 9.83. The first-order valence-electron chi connectivity index (χ1n) is 12.0. The van der Waals surface area contributed by atoms with E-state index in [2.05, 4.69) is 15.6 Å². The maximum atomic E-state index is 13.3. The van der Waals surface area contributed by atoms with Gasteiger partial charge < -0.3 is 21.1 Å². The molecule has 0 spiro atoms. The van der Waals surface area contributed by atoms with Crippen molar-refractivity contribution < 1.29 is 45.5 Å². The number of nitrogens with zero attached hydrogens (tertiary/aromatic N) is 1. The number of hydrogen-bond acceptors (Lipinski definition) is 5. The number of amides is 3. The number of hydrogen-bond donors (Lipinski definition) is 3. The summed E-state index contributed by atoms with van der Waals surface area (Å²) in [4.78, 5) is 42.8. The van der Waals surface area contributed by atoms with Crippen molar-refractivity contribution in [1.29, 1.82) is 0 Å². The second-order valence-electron chi connectivity index (χ2n) is 9.05. The van der Waals surface area contributed by atoms with Gasteiger partial charge in [-0.3, -0.25) is 14.4 Å². The van der Waals surface area contributed by atoms with E-state index in [1.165, 1.54) is 7.11 Å². The van der Waals surface area contributed by atoms with E-state index in [9.17, 15) is 40.7 Å². The van der Waals surface area contributed by atoms with Gasteiger partial charge in [-0.2, -0.15) is 26.3 Å². The highest BCUT2D eigenvalue weighted by Crippen LogP contribution is 2.34. The highest BCUT2D eigenvalue weighted by atomic mass is 19.4. The summed E-state index contributed by atoms with van der Waals surface area (Å²) < 4.78 is 83.0. The number of nitrogens with two attached hydrogens (primary N) is 1. The molecule has 3 amide bonds. The zero-order valence-electron chi connectivity index (χ0n) is 21.1. The third-order valence-corrected chi connectivity index (χ3v) is 6.25. The maximum Gasteiger partial charge on any atom is 0.389 e. The first-order valence-corrected chi connectivity index (χ1v) is 12.0. The van der Waals surface area contributed by atoms with Crippen LogP contribution in [0.15, 0.2) is 53.5 Å². The smallest absolute Gasteiger partial charge is 0.389 e. The topological polar surface area (TPSA) is 123 Å². The van der Waals surface area contributed by atoms with E-state index < -0.39 is 73.8 Å². The number of primary amides is 1. The third kappa shape index (κ3) is 7.96. The molecule has 1 aliphatic rings. The summed E-state index contributed by atoms with van der Waals surface area (Å²) in [5.74, 6) is -7.08. The number of fused-ring (bicyclic) bond motifs is 1. The quantitative estimate of drug-likeness (QED) is 0.367. The highest BCUT2D eigenvalue weighted by molar-refractivity contribution is 6.20. The molecule has 3 atom stereocenters. The van der Waals surface area contributed by atoms with Gasteiger partial charge in [0.2, 0.25) is 18.0 Å². The molecular formula is C26H26F6N4O4. The number of ether oxygens (including phenoxy) is 1. The highest BCUT2D eigenvalue weighted by Gasteiger charge is 2.40. The fourth-order valence-corrected chi connectivity index (χ4v) is 4.34. The Kier molecular flexibility index (Phi) is 9.43. The number of benzodiazepines with no additional fused rings is 1. The molecule has 14 heteroatoms. The Hall–Kier alpha value is -4.10. The summed E-state index contributed by atoms with van der Waals surface area (Å²) in [6.45, 7) is 0. The SMILES string of the molecule is COc1cccc2c1NC(=O)C(NC(=O)[C@H](CCC(F)(F)F)[C@H](CCC(F)(F)F)C(N)=O)N=C2c1ccccc1. The standard InChI is InChI=1S/C26H26F6N4O4/c1-40-18-9-5-8-17-19(14-6-3-2-4-7-14)34-22(24(39)35-20(17)18)36-23(38)16(11-13-26(30,31)32)15(21(33)37)10-12-25(27,28)29/h2-9,15-16,22H,10-13H2,1H3,(H2,33,37)(H,35,39)(H,36,38)/t15-,16+,22?/m0/s1. The second kappa shape index (κ2) is 12.4. The number of alkyl halides is 6. The molecule has 3 rings (SSSR count). The normalized spacial score (nSPS) is 17.0. The molecule has 2 aromatic carbocycles. The van der Waals surface area contributed by atoms with Gasteiger partial charge in [-0.25, -0.2) is 4.99 Å². The molecule has 40 heavy (non-hydrogen) atoms. The third-order valence-electron chi connectivity index (χ3n) is 6.25. The number of carbonyl (C=O) groups excluding carboxylic acids is 3. The van der Waals surface area contributed by atoms with Crippen LogP contribution < -0.4 is 21.1 Å². The van der Waals surface area contributed by atoms with Gasteiger partial charge in [-0.15, -0.1) is 0 Å². The van der Waals surface area contributed by atoms with Crippen LogP contribution in [-0.4, -0.2) is 49.1 Å². The number of rotatable bonds is 10. The van der Waals surface area contributed by atoms with Gasteiger partial charge in [-0.1, -0.05) is 42.5 Å². The number of halogens is 6. The lowest BCUT2D eigenvalue weighted by molar-refractivity contribution is -0.152. The van der Waals surface area contributed by atoms with E-state index in [1.54, 1.807) is 48.5 Å². The Balaban J connectivity index is 2.01. The van der Waals surface area contributed by atoms with Gasteiger partial charge >= 0.3 is 12.4 Å². The number of anilines is 1. The number of carbonyl (C=O) groups is 3. The van der Waals surface area contributed by atoms with Crippen molar-refractivity contribution in [3.8, 4) is 5.75 Å². The molecule has 2 aromatic rings. The van der Waals surface area contributed by atoms with Crippen molar-refractivity contribution in [1.82, 2.24) is 5.32 Å². The Morgan fingerprint density at radius 1 is 0.975 bits per heavy atom. The Morgan fingerprint density at radius 2 is 1.57 bits per heavy atom. The summed E-state index contributed by atoms with van der Waals surface area (Å²) in [5, 5.41) is 4.79. The molecule has 1 unspecified atom stereocenters. The number of nitrogens with one attached hydrogen (secondary N) is 2. The lowest BCUT2D eigenvalue weighted by Gasteiger charge is -2.26. The van der Waals surface area contributed by atoms with Crippen molar-refractivity contribution in [2.75, 3.05) is 12.4 Å². The Morgan fingerprint density at radius 3 is 2.12 bits per heavy atom. The maximum absolute atomic E-state index is 13.3. The van der Waals surface area contributed by atoms with Crippen molar-refractivity contribution in [2.24, 2.45) is 22.6 Å². The largest absolute Gasteiger partial charge is 0.495 e. The van der Waals surface area contributed by atoms with Crippen LogP contribution in [0.4, 0.5) is 32.0 Å². The molecule has 0 saturated heterocycles.